The Morgan fingerprint density at radius 2 is 1.81 bits per heavy atom. The second-order valence-electron chi connectivity index (χ2n) is 6.36. The summed E-state index contributed by atoms with van der Waals surface area (Å²) in [5.74, 6) is -0.0963. The van der Waals surface area contributed by atoms with Crippen LogP contribution in [-0.2, 0) is 11.2 Å². The molecule has 2 aromatic rings. The molecule has 0 saturated carbocycles. The van der Waals surface area contributed by atoms with E-state index >= 15 is 0 Å². The van der Waals surface area contributed by atoms with Crippen LogP contribution in [0.2, 0.25) is 0 Å². The SMILES string of the molecule is CCc1ccccc1NC(=O)c1ccc(N2CCN(C(C)=O)CC2)cn1. The van der Waals surface area contributed by atoms with Crippen molar-refractivity contribution < 1.29 is 9.59 Å². The molecule has 136 valence electrons. The maximum Gasteiger partial charge on any atom is 0.274 e. The van der Waals surface area contributed by atoms with Gasteiger partial charge in [0, 0.05) is 38.8 Å². The van der Waals surface area contributed by atoms with E-state index in [1.165, 1.54) is 0 Å². The van der Waals surface area contributed by atoms with Crippen LogP contribution >= 0.6 is 0 Å². The van der Waals surface area contributed by atoms with E-state index in [4.69, 9.17) is 0 Å². The minimum atomic E-state index is -0.209. The molecule has 1 aromatic heterocycles. The summed E-state index contributed by atoms with van der Waals surface area (Å²) in [6.45, 7) is 6.63. The van der Waals surface area contributed by atoms with Crippen molar-refractivity contribution in [3.8, 4) is 0 Å². The Balaban J connectivity index is 1.64. The average Bonchev–Trinajstić information content (AvgIpc) is 2.68. The molecule has 0 radical (unpaired) electrons. The number of piperazine rings is 1. The van der Waals surface area contributed by atoms with E-state index in [0.29, 0.717) is 18.8 Å². The van der Waals surface area contributed by atoms with E-state index in [9.17, 15) is 9.59 Å². The summed E-state index contributed by atoms with van der Waals surface area (Å²) in [6, 6.07) is 11.4. The Morgan fingerprint density at radius 1 is 1.08 bits per heavy atom. The predicted molar refractivity (Wildman–Crippen MR) is 102 cm³/mol. The fourth-order valence-electron chi connectivity index (χ4n) is 3.12. The van der Waals surface area contributed by atoms with Crippen LogP contribution in [0.25, 0.3) is 0 Å². The highest BCUT2D eigenvalue weighted by atomic mass is 16.2. The summed E-state index contributed by atoms with van der Waals surface area (Å²) in [7, 11) is 0. The lowest BCUT2D eigenvalue weighted by Gasteiger charge is -2.35. The van der Waals surface area contributed by atoms with Gasteiger partial charge in [0.2, 0.25) is 5.91 Å². The normalized spacial score (nSPS) is 14.2. The smallest absolute Gasteiger partial charge is 0.274 e. The number of para-hydroxylation sites is 1. The van der Waals surface area contributed by atoms with Gasteiger partial charge in [0.25, 0.3) is 5.91 Å². The number of rotatable bonds is 4. The van der Waals surface area contributed by atoms with Gasteiger partial charge < -0.3 is 15.1 Å². The molecular formula is C20H24N4O2. The molecule has 0 aliphatic carbocycles. The van der Waals surface area contributed by atoms with Crippen LogP contribution < -0.4 is 10.2 Å². The zero-order valence-corrected chi connectivity index (χ0v) is 15.2. The molecule has 0 bridgehead atoms. The van der Waals surface area contributed by atoms with Crippen molar-refractivity contribution in [2.45, 2.75) is 20.3 Å². The summed E-state index contributed by atoms with van der Waals surface area (Å²) in [6.07, 6.45) is 2.58. The monoisotopic (exact) mass is 352 g/mol. The van der Waals surface area contributed by atoms with Gasteiger partial charge in [-0.1, -0.05) is 25.1 Å². The quantitative estimate of drug-likeness (QED) is 0.918. The number of pyridine rings is 1. The number of carbonyl (C=O) groups is 2. The van der Waals surface area contributed by atoms with Gasteiger partial charge in [0.1, 0.15) is 5.69 Å². The highest BCUT2D eigenvalue weighted by Gasteiger charge is 2.19. The van der Waals surface area contributed by atoms with Crippen LogP contribution in [0.3, 0.4) is 0 Å². The first-order chi connectivity index (χ1) is 12.6. The van der Waals surface area contributed by atoms with E-state index in [0.717, 1.165) is 36.4 Å². The van der Waals surface area contributed by atoms with E-state index in [1.54, 1.807) is 19.2 Å². The molecule has 3 rings (SSSR count). The van der Waals surface area contributed by atoms with Gasteiger partial charge in [-0.05, 0) is 30.2 Å². The third-order valence-corrected chi connectivity index (χ3v) is 4.72. The maximum absolute atomic E-state index is 12.5. The number of nitrogens with zero attached hydrogens (tertiary/aromatic N) is 3. The van der Waals surface area contributed by atoms with E-state index in [1.807, 2.05) is 35.2 Å². The number of amides is 2. The van der Waals surface area contributed by atoms with Gasteiger partial charge in [-0.2, -0.15) is 0 Å². The summed E-state index contributed by atoms with van der Waals surface area (Å²) >= 11 is 0. The zero-order chi connectivity index (χ0) is 18.5. The second-order valence-corrected chi connectivity index (χ2v) is 6.36. The van der Waals surface area contributed by atoms with Gasteiger partial charge in [-0.3, -0.25) is 9.59 Å². The van der Waals surface area contributed by atoms with Gasteiger partial charge in [-0.15, -0.1) is 0 Å². The van der Waals surface area contributed by atoms with E-state index < -0.39 is 0 Å². The Kier molecular flexibility index (Phi) is 5.51. The lowest BCUT2D eigenvalue weighted by atomic mass is 10.1. The molecule has 1 aromatic carbocycles. The van der Waals surface area contributed by atoms with Crippen molar-refractivity contribution >= 4 is 23.2 Å². The van der Waals surface area contributed by atoms with Crippen LogP contribution in [0.5, 0.6) is 0 Å². The molecule has 6 heteroatoms. The first-order valence-electron chi connectivity index (χ1n) is 8.94. The lowest BCUT2D eigenvalue weighted by Crippen LogP contribution is -2.48. The molecule has 1 fully saturated rings. The van der Waals surface area contributed by atoms with Gasteiger partial charge in [-0.25, -0.2) is 4.98 Å². The molecule has 1 aliphatic heterocycles. The summed E-state index contributed by atoms with van der Waals surface area (Å²) in [5.41, 5.74) is 3.28. The number of hydrogen-bond acceptors (Lipinski definition) is 4. The van der Waals surface area contributed by atoms with Crippen molar-refractivity contribution in [1.29, 1.82) is 0 Å². The lowest BCUT2D eigenvalue weighted by molar-refractivity contribution is -0.129. The highest BCUT2D eigenvalue weighted by Crippen LogP contribution is 2.18. The number of carbonyl (C=O) groups excluding carboxylic acids is 2. The topological polar surface area (TPSA) is 65.5 Å². The third kappa shape index (κ3) is 4.02. The Morgan fingerprint density at radius 3 is 2.42 bits per heavy atom. The molecule has 1 saturated heterocycles. The van der Waals surface area contributed by atoms with Crippen molar-refractivity contribution in [3.63, 3.8) is 0 Å². The Bertz CT molecular complexity index is 781. The highest BCUT2D eigenvalue weighted by molar-refractivity contribution is 6.03. The van der Waals surface area contributed by atoms with Crippen LogP contribution in [0.1, 0.15) is 29.9 Å². The van der Waals surface area contributed by atoms with E-state index in [-0.39, 0.29) is 11.8 Å². The summed E-state index contributed by atoms with van der Waals surface area (Å²) < 4.78 is 0. The molecule has 0 unspecified atom stereocenters. The molecule has 2 heterocycles. The van der Waals surface area contributed by atoms with Crippen molar-refractivity contribution in [1.82, 2.24) is 9.88 Å². The number of anilines is 2. The first kappa shape index (κ1) is 17.9. The van der Waals surface area contributed by atoms with Crippen molar-refractivity contribution in [2.75, 3.05) is 36.4 Å². The van der Waals surface area contributed by atoms with Gasteiger partial charge >= 0.3 is 0 Å². The maximum atomic E-state index is 12.5. The number of hydrogen-bond donors (Lipinski definition) is 1. The van der Waals surface area contributed by atoms with Crippen LogP contribution in [0, 0.1) is 0 Å². The van der Waals surface area contributed by atoms with Crippen LogP contribution in [-0.4, -0.2) is 47.9 Å². The average molecular weight is 352 g/mol. The largest absolute Gasteiger partial charge is 0.367 e. The number of aromatic nitrogens is 1. The molecule has 1 aliphatic rings. The molecule has 0 atom stereocenters. The molecule has 1 N–H and O–H groups in total. The van der Waals surface area contributed by atoms with Gasteiger partial charge in [0.15, 0.2) is 0 Å². The fourth-order valence-corrected chi connectivity index (χ4v) is 3.12. The van der Waals surface area contributed by atoms with Crippen molar-refractivity contribution in [2.24, 2.45) is 0 Å². The minimum Gasteiger partial charge on any atom is -0.367 e. The Labute approximate surface area is 153 Å². The minimum absolute atomic E-state index is 0.113. The number of aryl methyl sites for hydroxylation is 1. The Hall–Kier alpha value is -2.89. The summed E-state index contributed by atoms with van der Waals surface area (Å²) in [5, 5.41) is 2.94. The first-order valence-corrected chi connectivity index (χ1v) is 8.94. The second kappa shape index (κ2) is 7.99. The van der Waals surface area contributed by atoms with Gasteiger partial charge in [0.05, 0.1) is 11.9 Å². The van der Waals surface area contributed by atoms with E-state index in [2.05, 4.69) is 22.1 Å². The number of benzene rings is 1. The van der Waals surface area contributed by atoms with Crippen molar-refractivity contribution in [3.05, 3.63) is 53.9 Å². The molecule has 2 amide bonds. The third-order valence-electron chi connectivity index (χ3n) is 4.72. The molecule has 0 spiro atoms. The zero-order valence-electron chi connectivity index (χ0n) is 15.2. The summed E-state index contributed by atoms with van der Waals surface area (Å²) in [4.78, 5) is 32.2. The van der Waals surface area contributed by atoms with Crippen LogP contribution in [0.4, 0.5) is 11.4 Å². The molecule has 6 nitrogen and oxygen atoms in total. The predicted octanol–water partition coefficient (Wildman–Crippen LogP) is 2.56. The number of nitrogens with one attached hydrogen (secondary N) is 1. The van der Waals surface area contributed by atoms with Crippen LogP contribution in [0.15, 0.2) is 42.6 Å². The standard InChI is InChI=1S/C20H24N4O2/c1-3-16-6-4-5-7-18(16)22-20(26)19-9-8-17(14-21-19)24-12-10-23(11-13-24)15(2)25/h4-9,14H,3,10-13H2,1-2H3,(H,22,26). The molecule has 26 heavy (non-hydrogen) atoms. The fraction of sp³-hybridized carbons (Fsp3) is 0.350. The molecular weight excluding hydrogens is 328 g/mol.